The van der Waals surface area contributed by atoms with Crippen LogP contribution < -0.4 is 0 Å². The first-order chi connectivity index (χ1) is 9.77. The minimum atomic E-state index is -0.586. The van der Waals surface area contributed by atoms with Gasteiger partial charge in [0.15, 0.2) is 5.76 Å². The van der Waals surface area contributed by atoms with E-state index in [9.17, 15) is 4.79 Å². The van der Waals surface area contributed by atoms with Crippen molar-refractivity contribution in [3.63, 3.8) is 0 Å². The van der Waals surface area contributed by atoms with Crippen molar-refractivity contribution in [3.05, 3.63) is 65.6 Å². The highest BCUT2D eigenvalue weighted by molar-refractivity contribution is 6.70. The quantitative estimate of drug-likeness (QED) is 0.274. The van der Waals surface area contributed by atoms with Crippen molar-refractivity contribution >= 4 is 17.2 Å². The van der Waals surface area contributed by atoms with Crippen LogP contribution >= 0.6 is 0 Å². The minimum absolute atomic E-state index is 0.0533. The number of hydrogen-bond acceptors (Lipinski definition) is 4. The molecule has 1 heterocycles. The van der Waals surface area contributed by atoms with Crippen molar-refractivity contribution < 1.29 is 18.8 Å². The minimum Gasteiger partial charge on any atom is -0.461 e. The second-order valence-corrected chi connectivity index (χ2v) is 3.74. The van der Waals surface area contributed by atoms with Gasteiger partial charge in [0.1, 0.15) is 7.11 Å². The Morgan fingerprint density at radius 3 is 2.55 bits per heavy atom. The lowest BCUT2D eigenvalue weighted by Gasteiger charge is -2.00. The van der Waals surface area contributed by atoms with Crippen LogP contribution in [0.3, 0.4) is 0 Å². The number of benzene rings is 1. The number of oxime groups is 1. The Kier molecular flexibility index (Phi) is 4.21. The van der Waals surface area contributed by atoms with Crippen molar-refractivity contribution in [1.82, 2.24) is 0 Å². The molecule has 1 aromatic carbocycles. The maximum atomic E-state index is 12.2. The molecule has 0 aliphatic rings. The third kappa shape index (κ3) is 2.71. The van der Waals surface area contributed by atoms with E-state index < -0.39 is 5.78 Å². The summed E-state index contributed by atoms with van der Waals surface area (Å²) >= 11 is 0. The van der Waals surface area contributed by atoms with Gasteiger partial charge in [0.2, 0.25) is 5.71 Å². The molecule has 0 bridgehead atoms. The molecule has 2 rings (SSSR count). The fraction of sp³-hybridized carbons (Fsp3) is 0.0714. The molecule has 100 valence electrons. The van der Waals surface area contributed by atoms with Crippen molar-refractivity contribution in [2.75, 3.05) is 7.11 Å². The Labute approximate surface area is 114 Å². The molecule has 2 aromatic rings. The zero-order valence-corrected chi connectivity index (χ0v) is 10.7. The zero-order valence-electron chi connectivity index (χ0n) is 10.7. The molecule has 6 nitrogen and oxygen atoms in total. The lowest BCUT2D eigenvalue weighted by molar-refractivity contribution is -0.00317. The number of carbonyl (C=O) groups excluding carboxylic acids is 1. The molecule has 0 amide bonds. The monoisotopic (exact) mass is 269 g/mol. The molecule has 20 heavy (non-hydrogen) atoms. The lowest BCUT2D eigenvalue weighted by atomic mass is 10.0. The standard InChI is InChI=1S/C14H11N3O3/c1-19-17-12(10-6-3-2-4-7-10)13(16-15)14(18)11-8-5-9-20-11/h2-9H,1H3. The molecule has 0 atom stereocenters. The molecule has 0 fully saturated rings. The van der Waals surface area contributed by atoms with Gasteiger partial charge in [0, 0.05) is 5.56 Å². The van der Waals surface area contributed by atoms with E-state index in [1.54, 1.807) is 30.3 Å². The van der Waals surface area contributed by atoms with Crippen LogP contribution in [0.1, 0.15) is 16.1 Å². The lowest BCUT2D eigenvalue weighted by Crippen LogP contribution is -2.26. The van der Waals surface area contributed by atoms with Gasteiger partial charge in [-0.3, -0.25) is 4.79 Å². The molecule has 0 saturated heterocycles. The van der Waals surface area contributed by atoms with Gasteiger partial charge in [-0.2, -0.15) is 4.79 Å². The van der Waals surface area contributed by atoms with Crippen LogP contribution in [-0.4, -0.2) is 29.1 Å². The molecular weight excluding hydrogens is 258 g/mol. The topological polar surface area (TPSA) is 88.2 Å². The number of hydrogen-bond donors (Lipinski definition) is 0. The van der Waals surface area contributed by atoms with E-state index in [1.807, 2.05) is 6.07 Å². The van der Waals surface area contributed by atoms with Crippen LogP contribution in [0.15, 0.2) is 58.3 Å². The first-order valence-corrected chi connectivity index (χ1v) is 5.75. The highest BCUT2D eigenvalue weighted by atomic mass is 16.6. The number of rotatable bonds is 5. The van der Waals surface area contributed by atoms with Gasteiger partial charge < -0.3 is 14.8 Å². The fourth-order valence-electron chi connectivity index (χ4n) is 1.64. The summed E-state index contributed by atoms with van der Waals surface area (Å²) < 4.78 is 5.00. The van der Waals surface area contributed by atoms with Crippen molar-refractivity contribution in [2.24, 2.45) is 5.16 Å². The molecule has 0 aliphatic carbocycles. The van der Waals surface area contributed by atoms with Crippen LogP contribution in [-0.2, 0) is 4.84 Å². The van der Waals surface area contributed by atoms with E-state index in [-0.39, 0.29) is 17.2 Å². The van der Waals surface area contributed by atoms with Gasteiger partial charge in [-0.15, -0.1) is 0 Å². The first-order valence-electron chi connectivity index (χ1n) is 5.75. The van der Waals surface area contributed by atoms with E-state index >= 15 is 0 Å². The van der Waals surface area contributed by atoms with E-state index in [1.165, 1.54) is 19.4 Å². The van der Waals surface area contributed by atoms with Gasteiger partial charge in [-0.1, -0.05) is 35.5 Å². The van der Waals surface area contributed by atoms with Gasteiger partial charge in [-0.05, 0) is 12.1 Å². The fourth-order valence-corrected chi connectivity index (χ4v) is 1.64. The van der Waals surface area contributed by atoms with Gasteiger partial charge in [0.05, 0.1) is 6.26 Å². The Morgan fingerprint density at radius 2 is 2.00 bits per heavy atom. The normalized spacial score (nSPS) is 10.8. The third-order valence-electron chi connectivity index (χ3n) is 2.51. The molecule has 0 aliphatic heterocycles. The van der Waals surface area contributed by atoms with E-state index in [0.717, 1.165) is 0 Å². The smallest absolute Gasteiger partial charge is 0.395 e. The summed E-state index contributed by atoms with van der Waals surface area (Å²) in [6.45, 7) is 0. The largest absolute Gasteiger partial charge is 0.461 e. The number of Topliss-reactive ketones (excluding diaryl/α,β-unsaturated/α-hetero) is 1. The second kappa shape index (κ2) is 6.26. The van der Waals surface area contributed by atoms with Crippen LogP contribution in [0.5, 0.6) is 0 Å². The van der Waals surface area contributed by atoms with Gasteiger partial charge in [0.25, 0.3) is 0 Å². The maximum Gasteiger partial charge on any atom is 0.395 e. The third-order valence-corrected chi connectivity index (χ3v) is 2.51. The Hall–Kier alpha value is -2.98. The summed E-state index contributed by atoms with van der Waals surface area (Å²) in [7, 11) is 1.34. The Bertz CT molecular complexity index is 669. The summed E-state index contributed by atoms with van der Waals surface area (Å²) in [5.41, 5.74) is 9.59. The van der Waals surface area contributed by atoms with Crippen molar-refractivity contribution in [1.29, 1.82) is 0 Å². The summed E-state index contributed by atoms with van der Waals surface area (Å²) in [5.74, 6) is -0.533. The highest BCUT2D eigenvalue weighted by Gasteiger charge is 2.32. The number of carbonyl (C=O) groups is 1. The van der Waals surface area contributed by atoms with Crippen molar-refractivity contribution in [3.8, 4) is 0 Å². The van der Waals surface area contributed by atoms with Crippen LogP contribution in [0.4, 0.5) is 0 Å². The summed E-state index contributed by atoms with van der Waals surface area (Å²) in [4.78, 5) is 20.0. The predicted octanol–water partition coefficient (Wildman–Crippen LogP) is 2.18. The Morgan fingerprint density at radius 1 is 1.25 bits per heavy atom. The van der Waals surface area contributed by atoms with E-state index in [4.69, 9.17) is 14.8 Å². The SMILES string of the molecule is CON=C(C(=[N+]=[N-])C(=O)c1ccco1)c1ccccc1. The molecule has 0 saturated carbocycles. The molecular formula is C14H11N3O3. The van der Waals surface area contributed by atoms with Crippen molar-refractivity contribution in [2.45, 2.75) is 0 Å². The molecule has 0 unspecified atom stereocenters. The average molecular weight is 269 g/mol. The maximum absolute atomic E-state index is 12.2. The van der Waals surface area contributed by atoms with Gasteiger partial charge in [-0.25, -0.2) is 0 Å². The molecule has 0 spiro atoms. The number of furan rings is 1. The predicted molar refractivity (Wildman–Crippen MR) is 71.7 cm³/mol. The van der Waals surface area contributed by atoms with E-state index in [2.05, 4.69) is 9.95 Å². The number of ketones is 1. The van der Waals surface area contributed by atoms with Crippen LogP contribution in [0.2, 0.25) is 0 Å². The Balaban J connectivity index is 2.46. The first kappa shape index (κ1) is 13.5. The molecule has 0 N–H and O–H groups in total. The molecule has 1 aromatic heterocycles. The number of nitrogens with zero attached hydrogens (tertiary/aromatic N) is 3. The van der Waals surface area contributed by atoms with Crippen LogP contribution in [0, 0.1) is 0 Å². The summed E-state index contributed by atoms with van der Waals surface area (Å²) in [5, 5.41) is 3.76. The molecule has 6 heteroatoms. The van der Waals surface area contributed by atoms with Gasteiger partial charge >= 0.3 is 11.5 Å². The van der Waals surface area contributed by atoms with E-state index in [0.29, 0.717) is 5.56 Å². The summed E-state index contributed by atoms with van der Waals surface area (Å²) in [6.07, 6.45) is 1.36. The van der Waals surface area contributed by atoms with Crippen LogP contribution in [0.25, 0.3) is 5.53 Å². The zero-order chi connectivity index (χ0) is 14.4. The average Bonchev–Trinajstić information content (AvgIpc) is 3.02. The summed E-state index contributed by atoms with van der Waals surface area (Å²) in [6, 6.07) is 11.8. The molecule has 0 radical (unpaired) electrons. The highest BCUT2D eigenvalue weighted by Crippen LogP contribution is 2.08. The second-order valence-electron chi connectivity index (χ2n) is 3.74.